The number of fused-ring (bicyclic) bond motifs is 1. The average Bonchev–Trinajstić information content (AvgIpc) is 2.53. The summed E-state index contributed by atoms with van der Waals surface area (Å²) in [4.78, 5) is 0. The van der Waals surface area contributed by atoms with Gasteiger partial charge in [0.2, 0.25) is 0 Å². The molecule has 0 aliphatic rings. The van der Waals surface area contributed by atoms with E-state index in [1.165, 1.54) is 10.8 Å². The molecule has 3 aromatic rings. The molecule has 0 fully saturated rings. The van der Waals surface area contributed by atoms with Crippen molar-refractivity contribution in [1.82, 2.24) is 0 Å². The van der Waals surface area contributed by atoms with Gasteiger partial charge in [-0.05, 0) is 34.0 Å². The summed E-state index contributed by atoms with van der Waals surface area (Å²) >= 11 is 0. The zero-order chi connectivity index (χ0) is 13.9. The van der Waals surface area contributed by atoms with Gasteiger partial charge in [0.25, 0.3) is 0 Å². The normalized spacial score (nSPS) is 10.4. The third-order valence-electron chi connectivity index (χ3n) is 3.54. The van der Waals surface area contributed by atoms with Crippen LogP contribution >= 0.6 is 0 Å². The summed E-state index contributed by atoms with van der Waals surface area (Å²) in [6.45, 7) is 3.89. The van der Waals surface area contributed by atoms with E-state index in [0.717, 1.165) is 22.4 Å². The topological polar surface area (TPSA) is 9.23 Å². The van der Waals surface area contributed by atoms with Gasteiger partial charge in [-0.15, -0.1) is 0 Å². The Morgan fingerprint density at radius 3 is 2.20 bits per heavy atom. The molecule has 0 spiro atoms. The highest BCUT2D eigenvalue weighted by molar-refractivity contribution is 5.92. The predicted octanol–water partition coefficient (Wildman–Crippen LogP) is 5.16. The lowest BCUT2D eigenvalue weighted by Crippen LogP contribution is -1.90. The molecule has 0 heterocycles. The zero-order valence-corrected chi connectivity index (χ0v) is 11.5. The number of hydrogen-bond acceptors (Lipinski definition) is 1. The monoisotopic (exact) mass is 260 g/mol. The van der Waals surface area contributed by atoms with Crippen molar-refractivity contribution in [2.75, 3.05) is 7.11 Å². The Morgan fingerprint density at radius 1 is 0.850 bits per heavy atom. The van der Waals surface area contributed by atoms with Gasteiger partial charge in [0.05, 0.1) is 7.11 Å². The molecule has 1 nitrogen and oxygen atoms in total. The van der Waals surface area contributed by atoms with E-state index in [-0.39, 0.29) is 0 Å². The van der Waals surface area contributed by atoms with Crippen molar-refractivity contribution in [3.05, 3.63) is 72.8 Å². The summed E-state index contributed by atoms with van der Waals surface area (Å²) in [5, 5.41) is 2.39. The summed E-state index contributed by atoms with van der Waals surface area (Å²) in [5.41, 5.74) is 3.35. The van der Waals surface area contributed by atoms with E-state index in [1.54, 1.807) is 7.11 Å². The van der Waals surface area contributed by atoms with E-state index >= 15 is 0 Å². The zero-order valence-electron chi connectivity index (χ0n) is 11.5. The maximum atomic E-state index is 5.57. The first-order valence-corrected chi connectivity index (χ1v) is 6.62. The van der Waals surface area contributed by atoms with E-state index in [1.807, 2.05) is 24.3 Å². The standard InChI is InChI=1S/C19H16O/c1-3-14-8-6-7-11-17(14)18-12-15-9-4-5-10-16(15)13-19(18)20-2/h3-13H,1H2,2H3. The third-order valence-corrected chi connectivity index (χ3v) is 3.54. The molecule has 0 aromatic heterocycles. The Hall–Kier alpha value is -2.54. The highest BCUT2D eigenvalue weighted by Gasteiger charge is 2.10. The van der Waals surface area contributed by atoms with Gasteiger partial charge in [-0.1, -0.05) is 61.2 Å². The van der Waals surface area contributed by atoms with E-state index in [0.29, 0.717) is 0 Å². The summed E-state index contributed by atoms with van der Waals surface area (Å²) in [7, 11) is 1.71. The van der Waals surface area contributed by atoms with Gasteiger partial charge >= 0.3 is 0 Å². The maximum absolute atomic E-state index is 5.57. The summed E-state index contributed by atoms with van der Waals surface area (Å²) in [6, 6.07) is 20.8. The van der Waals surface area contributed by atoms with Gasteiger partial charge in [0, 0.05) is 5.56 Å². The number of rotatable bonds is 3. The van der Waals surface area contributed by atoms with Crippen molar-refractivity contribution in [2.45, 2.75) is 0 Å². The van der Waals surface area contributed by atoms with E-state index in [9.17, 15) is 0 Å². The van der Waals surface area contributed by atoms with Crippen LogP contribution in [-0.2, 0) is 0 Å². The second-order valence-electron chi connectivity index (χ2n) is 4.69. The Labute approximate surface area is 119 Å². The van der Waals surface area contributed by atoms with Crippen LogP contribution in [0.2, 0.25) is 0 Å². The van der Waals surface area contributed by atoms with Crippen LogP contribution in [0.15, 0.2) is 67.2 Å². The fourth-order valence-electron chi connectivity index (χ4n) is 2.52. The Bertz CT molecular complexity index is 772. The Morgan fingerprint density at radius 2 is 1.50 bits per heavy atom. The van der Waals surface area contributed by atoms with Gasteiger partial charge in [-0.3, -0.25) is 0 Å². The molecule has 20 heavy (non-hydrogen) atoms. The molecule has 0 N–H and O–H groups in total. The fourth-order valence-corrected chi connectivity index (χ4v) is 2.52. The molecule has 0 saturated heterocycles. The molecular formula is C19H16O. The largest absolute Gasteiger partial charge is 0.496 e. The average molecular weight is 260 g/mol. The Balaban J connectivity index is 2.31. The molecule has 3 rings (SSSR count). The maximum Gasteiger partial charge on any atom is 0.127 e. The van der Waals surface area contributed by atoms with E-state index < -0.39 is 0 Å². The molecule has 0 aliphatic heterocycles. The van der Waals surface area contributed by atoms with Gasteiger partial charge in [-0.25, -0.2) is 0 Å². The minimum atomic E-state index is 0.887. The number of hydrogen-bond donors (Lipinski definition) is 0. The highest BCUT2D eigenvalue weighted by atomic mass is 16.5. The first-order valence-electron chi connectivity index (χ1n) is 6.62. The minimum Gasteiger partial charge on any atom is -0.496 e. The third kappa shape index (κ3) is 2.08. The highest BCUT2D eigenvalue weighted by Crippen LogP contribution is 2.36. The van der Waals surface area contributed by atoms with Gasteiger partial charge < -0.3 is 4.74 Å². The molecule has 3 aromatic carbocycles. The molecule has 1 heteroatoms. The van der Waals surface area contributed by atoms with Crippen LogP contribution in [0.4, 0.5) is 0 Å². The van der Waals surface area contributed by atoms with Crippen LogP contribution < -0.4 is 4.74 Å². The SMILES string of the molecule is C=Cc1ccccc1-c1cc2ccccc2cc1OC. The minimum absolute atomic E-state index is 0.887. The molecule has 98 valence electrons. The van der Waals surface area contributed by atoms with Crippen LogP contribution in [0.3, 0.4) is 0 Å². The lowest BCUT2D eigenvalue weighted by molar-refractivity contribution is 0.417. The molecule has 0 bridgehead atoms. The molecule has 0 radical (unpaired) electrons. The molecule has 0 amide bonds. The van der Waals surface area contributed by atoms with Crippen LogP contribution in [0.5, 0.6) is 5.75 Å². The molecule has 0 atom stereocenters. The predicted molar refractivity (Wildman–Crippen MR) is 86.0 cm³/mol. The van der Waals surface area contributed by atoms with Gasteiger partial charge in [0.1, 0.15) is 5.75 Å². The van der Waals surface area contributed by atoms with Crippen LogP contribution in [0.1, 0.15) is 5.56 Å². The Kier molecular flexibility index (Phi) is 3.26. The van der Waals surface area contributed by atoms with Crippen LogP contribution in [0.25, 0.3) is 28.0 Å². The lowest BCUT2D eigenvalue weighted by Gasteiger charge is -2.13. The molecule has 0 saturated carbocycles. The molecular weight excluding hydrogens is 244 g/mol. The van der Waals surface area contributed by atoms with Crippen molar-refractivity contribution in [3.8, 4) is 16.9 Å². The van der Waals surface area contributed by atoms with Gasteiger partial charge in [-0.2, -0.15) is 0 Å². The molecule has 0 unspecified atom stereocenters. The summed E-state index contributed by atoms with van der Waals surface area (Å²) in [5.74, 6) is 0.887. The molecule has 0 aliphatic carbocycles. The smallest absolute Gasteiger partial charge is 0.127 e. The summed E-state index contributed by atoms with van der Waals surface area (Å²) in [6.07, 6.45) is 1.88. The van der Waals surface area contributed by atoms with E-state index in [4.69, 9.17) is 4.74 Å². The number of methoxy groups -OCH3 is 1. The van der Waals surface area contributed by atoms with Crippen LogP contribution in [-0.4, -0.2) is 7.11 Å². The number of ether oxygens (including phenoxy) is 1. The second-order valence-corrected chi connectivity index (χ2v) is 4.69. The fraction of sp³-hybridized carbons (Fsp3) is 0.0526. The van der Waals surface area contributed by atoms with Crippen molar-refractivity contribution in [3.63, 3.8) is 0 Å². The summed E-state index contributed by atoms with van der Waals surface area (Å²) < 4.78 is 5.57. The first kappa shape index (κ1) is 12.5. The van der Waals surface area contributed by atoms with E-state index in [2.05, 4.69) is 49.0 Å². The van der Waals surface area contributed by atoms with Crippen LogP contribution in [0, 0.1) is 0 Å². The van der Waals surface area contributed by atoms with Crippen molar-refractivity contribution in [1.29, 1.82) is 0 Å². The second kappa shape index (κ2) is 5.22. The lowest BCUT2D eigenvalue weighted by atomic mass is 9.96. The first-order chi connectivity index (χ1) is 9.83. The number of benzene rings is 3. The quantitative estimate of drug-likeness (QED) is 0.632. The van der Waals surface area contributed by atoms with Crippen molar-refractivity contribution >= 4 is 16.8 Å². The van der Waals surface area contributed by atoms with Crippen molar-refractivity contribution in [2.24, 2.45) is 0 Å². The van der Waals surface area contributed by atoms with Gasteiger partial charge in [0.15, 0.2) is 0 Å². The van der Waals surface area contributed by atoms with Crippen molar-refractivity contribution < 1.29 is 4.74 Å².